The summed E-state index contributed by atoms with van der Waals surface area (Å²) in [5.74, 6) is 0. The van der Waals surface area contributed by atoms with Crippen molar-refractivity contribution in [3.05, 3.63) is 194 Å². The average Bonchev–Trinajstić information content (AvgIpc) is 3.90. The summed E-state index contributed by atoms with van der Waals surface area (Å²) in [4.78, 5) is 7.35. The number of fused-ring (bicyclic) bond motifs is 7. The standard InChI is InChI=1S/C48H33N5/c1-3-15-32(16-4-1)46-47-45(27-28-49-46)53(34-17-5-2-6-18-34)48(50-47)33-29-35(51-41-23-11-7-19-37(41)38-20-8-12-24-42(38)51)31-36(30-33)52-43-25-13-9-21-39(43)40-22-10-14-26-44(40)52/h1-31,48,50H. The minimum atomic E-state index is -0.223. The molecule has 10 aromatic rings. The van der Waals surface area contributed by atoms with E-state index in [0.29, 0.717) is 0 Å². The summed E-state index contributed by atoms with van der Waals surface area (Å²) in [6.07, 6.45) is 1.71. The molecular formula is C48H33N5. The number of pyridine rings is 1. The van der Waals surface area contributed by atoms with Crippen LogP contribution in [0.15, 0.2) is 188 Å². The van der Waals surface area contributed by atoms with Crippen molar-refractivity contribution in [2.75, 3.05) is 10.2 Å². The lowest BCUT2D eigenvalue weighted by atomic mass is 10.1. The largest absolute Gasteiger partial charge is 0.358 e. The number of hydrogen-bond donors (Lipinski definition) is 1. The third kappa shape index (κ3) is 4.54. The van der Waals surface area contributed by atoms with E-state index < -0.39 is 0 Å². The van der Waals surface area contributed by atoms with Gasteiger partial charge in [0.2, 0.25) is 0 Å². The zero-order chi connectivity index (χ0) is 34.9. The van der Waals surface area contributed by atoms with Gasteiger partial charge in [-0.3, -0.25) is 4.98 Å². The van der Waals surface area contributed by atoms with Crippen LogP contribution in [0.1, 0.15) is 11.7 Å². The van der Waals surface area contributed by atoms with Gasteiger partial charge >= 0.3 is 0 Å². The van der Waals surface area contributed by atoms with Crippen molar-refractivity contribution >= 4 is 60.7 Å². The van der Waals surface area contributed by atoms with Crippen molar-refractivity contribution in [2.24, 2.45) is 0 Å². The van der Waals surface area contributed by atoms with Crippen LogP contribution >= 0.6 is 0 Å². The van der Waals surface area contributed by atoms with Crippen LogP contribution in [0.5, 0.6) is 0 Å². The fourth-order valence-electron chi connectivity index (χ4n) is 8.49. The number of hydrogen-bond acceptors (Lipinski definition) is 3. The lowest BCUT2D eigenvalue weighted by molar-refractivity contribution is 0.825. The maximum atomic E-state index is 4.93. The molecule has 0 spiro atoms. The second-order valence-electron chi connectivity index (χ2n) is 13.7. The second-order valence-corrected chi connectivity index (χ2v) is 13.7. The molecule has 250 valence electrons. The Kier molecular flexibility index (Phi) is 6.55. The number of aromatic nitrogens is 3. The molecule has 53 heavy (non-hydrogen) atoms. The van der Waals surface area contributed by atoms with Crippen LogP contribution in [0.25, 0.3) is 66.2 Å². The van der Waals surface area contributed by atoms with Gasteiger partial charge in [-0.05, 0) is 66.2 Å². The first-order chi connectivity index (χ1) is 26.3. The summed E-state index contributed by atoms with van der Waals surface area (Å²) in [6.45, 7) is 0. The molecule has 5 heteroatoms. The van der Waals surface area contributed by atoms with Gasteiger partial charge in [-0.2, -0.15) is 0 Å². The van der Waals surface area contributed by atoms with Crippen molar-refractivity contribution in [1.82, 2.24) is 14.1 Å². The summed E-state index contributed by atoms with van der Waals surface area (Å²) < 4.78 is 4.86. The van der Waals surface area contributed by atoms with Gasteiger partial charge < -0.3 is 19.4 Å². The summed E-state index contributed by atoms with van der Waals surface area (Å²) in [5, 5.41) is 8.96. The van der Waals surface area contributed by atoms with Crippen LogP contribution in [-0.2, 0) is 0 Å². The highest BCUT2D eigenvalue weighted by Gasteiger charge is 2.34. The van der Waals surface area contributed by atoms with Crippen molar-refractivity contribution < 1.29 is 0 Å². The smallest absolute Gasteiger partial charge is 0.130 e. The molecule has 0 saturated heterocycles. The highest BCUT2D eigenvalue weighted by molar-refractivity contribution is 6.10. The molecular weight excluding hydrogens is 647 g/mol. The third-order valence-corrected chi connectivity index (χ3v) is 10.7. The Labute approximate surface area is 306 Å². The zero-order valence-electron chi connectivity index (χ0n) is 28.8. The van der Waals surface area contributed by atoms with E-state index in [-0.39, 0.29) is 6.17 Å². The number of rotatable bonds is 5. The van der Waals surface area contributed by atoms with Crippen LogP contribution in [0.4, 0.5) is 17.1 Å². The molecule has 1 aliphatic rings. The molecule has 5 nitrogen and oxygen atoms in total. The fraction of sp³-hybridized carbons (Fsp3) is 0.0208. The first kappa shape index (κ1) is 29.6. The topological polar surface area (TPSA) is 38.0 Å². The fourth-order valence-corrected chi connectivity index (χ4v) is 8.49. The number of para-hydroxylation sites is 5. The van der Waals surface area contributed by atoms with E-state index in [4.69, 9.17) is 4.98 Å². The number of anilines is 3. The molecule has 1 N–H and O–H groups in total. The number of nitrogens with zero attached hydrogens (tertiary/aromatic N) is 4. The quantitative estimate of drug-likeness (QED) is 0.197. The average molecular weight is 680 g/mol. The normalized spacial score (nSPS) is 14.0. The van der Waals surface area contributed by atoms with E-state index in [1.165, 1.54) is 43.6 Å². The molecule has 0 amide bonds. The van der Waals surface area contributed by atoms with E-state index >= 15 is 0 Å². The second kappa shape index (κ2) is 11.7. The summed E-state index contributed by atoms with van der Waals surface area (Å²) in [7, 11) is 0. The van der Waals surface area contributed by atoms with Crippen molar-refractivity contribution in [1.29, 1.82) is 0 Å². The van der Waals surface area contributed by atoms with Gasteiger partial charge in [-0.25, -0.2) is 0 Å². The molecule has 0 aliphatic carbocycles. The van der Waals surface area contributed by atoms with Crippen molar-refractivity contribution in [3.8, 4) is 22.6 Å². The van der Waals surface area contributed by atoms with E-state index in [1.54, 1.807) is 0 Å². The molecule has 1 aliphatic heterocycles. The van der Waals surface area contributed by atoms with Crippen molar-refractivity contribution in [2.45, 2.75) is 6.17 Å². The SMILES string of the molecule is c1ccc(-c2nccc3c2NC(c2cc(-n4c5ccccc5c5ccccc54)cc(-n4c5ccccc5c5ccccc54)c2)N3c2ccccc2)cc1. The summed E-state index contributed by atoms with van der Waals surface area (Å²) in [6, 6.07) is 65.3. The van der Waals surface area contributed by atoms with E-state index in [2.05, 4.69) is 201 Å². The first-order valence-electron chi connectivity index (χ1n) is 18.1. The van der Waals surface area contributed by atoms with Gasteiger partial charge in [0.25, 0.3) is 0 Å². The molecule has 4 heterocycles. The van der Waals surface area contributed by atoms with Crippen LogP contribution in [-0.4, -0.2) is 14.1 Å². The Balaban J connectivity index is 1.21. The molecule has 11 rings (SSSR count). The van der Waals surface area contributed by atoms with E-state index in [1.807, 2.05) is 6.20 Å². The lowest BCUT2D eigenvalue weighted by Crippen LogP contribution is -2.24. The van der Waals surface area contributed by atoms with Gasteiger partial charge in [-0.15, -0.1) is 0 Å². The maximum absolute atomic E-state index is 4.93. The van der Waals surface area contributed by atoms with Crippen LogP contribution in [0.3, 0.4) is 0 Å². The molecule has 0 radical (unpaired) electrons. The van der Waals surface area contributed by atoms with Gasteiger partial charge in [-0.1, -0.05) is 121 Å². The Morgan fingerprint density at radius 2 is 0.887 bits per heavy atom. The lowest BCUT2D eigenvalue weighted by Gasteiger charge is -2.28. The minimum Gasteiger partial charge on any atom is -0.358 e. The Morgan fingerprint density at radius 1 is 0.434 bits per heavy atom. The third-order valence-electron chi connectivity index (χ3n) is 10.7. The highest BCUT2D eigenvalue weighted by Crippen LogP contribution is 2.50. The van der Waals surface area contributed by atoms with E-state index in [0.717, 1.165) is 45.3 Å². The molecule has 3 aromatic heterocycles. The van der Waals surface area contributed by atoms with E-state index in [9.17, 15) is 0 Å². The summed E-state index contributed by atoms with van der Waals surface area (Å²) >= 11 is 0. The Bertz CT molecular complexity index is 2760. The molecule has 1 atom stereocenters. The molecule has 0 saturated carbocycles. The van der Waals surface area contributed by atoms with Gasteiger partial charge in [0.1, 0.15) is 6.17 Å². The van der Waals surface area contributed by atoms with Gasteiger partial charge in [0.05, 0.1) is 39.1 Å². The predicted octanol–water partition coefficient (Wildman–Crippen LogP) is 12.2. The molecule has 0 bridgehead atoms. The first-order valence-corrected chi connectivity index (χ1v) is 18.1. The predicted molar refractivity (Wildman–Crippen MR) is 220 cm³/mol. The molecule has 0 fully saturated rings. The Hall–Kier alpha value is -7.11. The van der Waals surface area contributed by atoms with Crippen LogP contribution in [0.2, 0.25) is 0 Å². The maximum Gasteiger partial charge on any atom is 0.130 e. The van der Waals surface area contributed by atoms with Crippen LogP contribution < -0.4 is 10.2 Å². The number of benzene rings is 7. The van der Waals surface area contributed by atoms with Gasteiger partial charge in [0.15, 0.2) is 0 Å². The zero-order valence-corrected chi connectivity index (χ0v) is 28.8. The monoisotopic (exact) mass is 679 g/mol. The molecule has 1 unspecified atom stereocenters. The highest BCUT2D eigenvalue weighted by atomic mass is 15.3. The summed E-state index contributed by atoms with van der Waals surface area (Å²) in [5.41, 5.74) is 13.3. The van der Waals surface area contributed by atoms with Crippen LogP contribution in [0, 0.1) is 0 Å². The van der Waals surface area contributed by atoms with Gasteiger partial charge in [0, 0.05) is 50.4 Å². The number of nitrogens with one attached hydrogen (secondary N) is 1. The molecule has 7 aromatic carbocycles. The Morgan fingerprint density at radius 3 is 1.40 bits per heavy atom. The van der Waals surface area contributed by atoms with Crippen molar-refractivity contribution in [3.63, 3.8) is 0 Å². The minimum absolute atomic E-state index is 0.223.